The third kappa shape index (κ3) is 3.07. The second-order valence-corrected chi connectivity index (χ2v) is 6.92. The molecule has 2 heterocycles. The lowest BCUT2D eigenvalue weighted by atomic mass is 9.82. The molecule has 0 saturated carbocycles. The SMILES string of the molecule is Clc1ccc(CNC2(c3ccccc3)CCOCC2)s1. The van der Waals surface area contributed by atoms with E-state index in [0.29, 0.717) is 0 Å². The summed E-state index contributed by atoms with van der Waals surface area (Å²) in [5.74, 6) is 0. The molecule has 0 bridgehead atoms. The Morgan fingerprint density at radius 2 is 1.85 bits per heavy atom. The summed E-state index contributed by atoms with van der Waals surface area (Å²) in [5.41, 5.74) is 1.38. The minimum absolute atomic E-state index is 0.0238. The number of rotatable bonds is 4. The first-order valence-corrected chi connectivity index (χ1v) is 8.10. The summed E-state index contributed by atoms with van der Waals surface area (Å²) in [6.45, 7) is 2.48. The van der Waals surface area contributed by atoms with Crippen molar-refractivity contribution in [1.82, 2.24) is 5.32 Å². The van der Waals surface area contributed by atoms with Gasteiger partial charge >= 0.3 is 0 Å². The zero-order valence-electron chi connectivity index (χ0n) is 11.3. The molecule has 1 aromatic heterocycles. The van der Waals surface area contributed by atoms with Crippen LogP contribution in [0.25, 0.3) is 0 Å². The first-order chi connectivity index (χ1) is 9.78. The van der Waals surface area contributed by atoms with E-state index in [1.54, 1.807) is 11.3 Å². The van der Waals surface area contributed by atoms with Gasteiger partial charge in [0.05, 0.1) is 4.34 Å². The van der Waals surface area contributed by atoms with Crippen LogP contribution in [-0.2, 0) is 16.8 Å². The van der Waals surface area contributed by atoms with Crippen LogP contribution < -0.4 is 5.32 Å². The largest absolute Gasteiger partial charge is 0.381 e. The fourth-order valence-electron chi connectivity index (χ4n) is 2.75. The van der Waals surface area contributed by atoms with Crippen LogP contribution in [0.15, 0.2) is 42.5 Å². The van der Waals surface area contributed by atoms with Gasteiger partial charge in [-0.15, -0.1) is 11.3 Å². The Balaban J connectivity index is 1.79. The highest BCUT2D eigenvalue weighted by Crippen LogP contribution is 2.33. The predicted octanol–water partition coefficient (Wildman–Crippen LogP) is 4.20. The van der Waals surface area contributed by atoms with Gasteiger partial charge in [0.15, 0.2) is 0 Å². The first kappa shape index (κ1) is 14.1. The summed E-state index contributed by atoms with van der Waals surface area (Å²) in [4.78, 5) is 1.27. The Hall–Kier alpha value is -0.870. The van der Waals surface area contributed by atoms with Gasteiger partial charge < -0.3 is 10.1 Å². The number of ether oxygens (including phenoxy) is 1. The molecule has 1 N–H and O–H groups in total. The van der Waals surface area contributed by atoms with Gasteiger partial charge in [-0.3, -0.25) is 0 Å². The van der Waals surface area contributed by atoms with Crippen LogP contribution in [0, 0.1) is 0 Å². The lowest BCUT2D eigenvalue weighted by Gasteiger charge is -2.38. The van der Waals surface area contributed by atoms with Crippen molar-refractivity contribution >= 4 is 22.9 Å². The number of hydrogen-bond donors (Lipinski definition) is 1. The van der Waals surface area contributed by atoms with Crippen molar-refractivity contribution in [1.29, 1.82) is 0 Å². The van der Waals surface area contributed by atoms with Crippen molar-refractivity contribution < 1.29 is 4.74 Å². The molecule has 1 aromatic carbocycles. The van der Waals surface area contributed by atoms with E-state index >= 15 is 0 Å². The summed E-state index contributed by atoms with van der Waals surface area (Å²) < 4.78 is 6.39. The van der Waals surface area contributed by atoms with Crippen molar-refractivity contribution in [2.45, 2.75) is 24.9 Å². The van der Waals surface area contributed by atoms with Crippen LogP contribution in [-0.4, -0.2) is 13.2 Å². The molecular weight excluding hydrogens is 290 g/mol. The molecule has 2 aromatic rings. The van der Waals surface area contributed by atoms with Gasteiger partial charge in [-0.1, -0.05) is 41.9 Å². The molecule has 0 aliphatic carbocycles. The maximum absolute atomic E-state index is 6.00. The Morgan fingerprint density at radius 1 is 1.10 bits per heavy atom. The summed E-state index contributed by atoms with van der Waals surface area (Å²) in [5, 5.41) is 3.75. The molecule has 0 amide bonds. The van der Waals surface area contributed by atoms with E-state index in [1.165, 1.54) is 10.4 Å². The second kappa shape index (κ2) is 6.27. The van der Waals surface area contributed by atoms with Gasteiger partial charge in [-0.05, 0) is 30.5 Å². The normalized spacial score (nSPS) is 18.1. The highest BCUT2D eigenvalue weighted by molar-refractivity contribution is 7.16. The van der Waals surface area contributed by atoms with Crippen LogP contribution in [0.1, 0.15) is 23.3 Å². The van der Waals surface area contributed by atoms with Crippen molar-refractivity contribution in [3.05, 3.63) is 57.2 Å². The number of nitrogens with one attached hydrogen (secondary N) is 1. The number of thiophene rings is 1. The van der Waals surface area contributed by atoms with E-state index in [-0.39, 0.29) is 5.54 Å². The lowest BCUT2D eigenvalue weighted by molar-refractivity contribution is 0.0359. The van der Waals surface area contributed by atoms with Crippen molar-refractivity contribution in [3.63, 3.8) is 0 Å². The van der Waals surface area contributed by atoms with E-state index in [0.717, 1.165) is 36.9 Å². The van der Waals surface area contributed by atoms with E-state index < -0.39 is 0 Å². The molecule has 0 spiro atoms. The fraction of sp³-hybridized carbons (Fsp3) is 0.375. The zero-order valence-corrected chi connectivity index (χ0v) is 12.8. The maximum Gasteiger partial charge on any atom is 0.0931 e. The zero-order chi connectivity index (χ0) is 13.8. The molecule has 0 radical (unpaired) electrons. The van der Waals surface area contributed by atoms with Gasteiger partial charge in [0, 0.05) is 30.2 Å². The van der Waals surface area contributed by atoms with Crippen molar-refractivity contribution in [2.24, 2.45) is 0 Å². The molecule has 1 fully saturated rings. The number of benzene rings is 1. The Labute approximate surface area is 128 Å². The molecule has 1 aliphatic heterocycles. The molecule has 1 aliphatic rings. The van der Waals surface area contributed by atoms with Crippen LogP contribution in [0.4, 0.5) is 0 Å². The van der Waals surface area contributed by atoms with E-state index in [4.69, 9.17) is 16.3 Å². The average Bonchev–Trinajstić information content (AvgIpc) is 2.93. The van der Waals surface area contributed by atoms with Crippen molar-refractivity contribution in [2.75, 3.05) is 13.2 Å². The molecule has 20 heavy (non-hydrogen) atoms. The topological polar surface area (TPSA) is 21.3 Å². The van der Waals surface area contributed by atoms with E-state index in [9.17, 15) is 0 Å². The highest BCUT2D eigenvalue weighted by atomic mass is 35.5. The Morgan fingerprint density at radius 3 is 2.50 bits per heavy atom. The Kier molecular flexibility index (Phi) is 4.41. The van der Waals surface area contributed by atoms with Gasteiger partial charge in [0.2, 0.25) is 0 Å². The minimum Gasteiger partial charge on any atom is -0.381 e. The van der Waals surface area contributed by atoms with E-state index in [2.05, 4.69) is 41.7 Å². The minimum atomic E-state index is 0.0238. The average molecular weight is 308 g/mol. The molecule has 4 heteroatoms. The molecule has 2 nitrogen and oxygen atoms in total. The van der Waals surface area contributed by atoms with Crippen LogP contribution in [0.5, 0.6) is 0 Å². The van der Waals surface area contributed by atoms with Crippen LogP contribution in [0.2, 0.25) is 4.34 Å². The molecule has 0 atom stereocenters. The van der Waals surface area contributed by atoms with Gasteiger partial charge in [0.25, 0.3) is 0 Å². The summed E-state index contributed by atoms with van der Waals surface area (Å²) in [6, 6.07) is 14.8. The molecule has 106 valence electrons. The maximum atomic E-state index is 6.00. The van der Waals surface area contributed by atoms with Crippen LogP contribution >= 0.6 is 22.9 Å². The fourth-order valence-corrected chi connectivity index (χ4v) is 3.77. The monoisotopic (exact) mass is 307 g/mol. The summed E-state index contributed by atoms with van der Waals surface area (Å²) in [7, 11) is 0. The molecule has 1 saturated heterocycles. The standard InChI is InChI=1S/C16H18ClNOS/c17-15-7-6-14(20-15)12-18-16(8-10-19-11-9-16)13-4-2-1-3-5-13/h1-7,18H,8-12H2. The Bertz CT molecular complexity index is 549. The molecular formula is C16H18ClNOS. The smallest absolute Gasteiger partial charge is 0.0931 e. The van der Waals surface area contributed by atoms with Gasteiger partial charge in [-0.25, -0.2) is 0 Å². The van der Waals surface area contributed by atoms with Crippen molar-refractivity contribution in [3.8, 4) is 0 Å². The van der Waals surface area contributed by atoms with E-state index in [1.807, 2.05) is 6.07 Å². The third-order valence-electron chi connectivity index (χ3n) is 3.90. The van der Waals surface area contributed by atoms with Gasteiger partial charge in [0.1, 0.15) is 0 Å². The number of halogens is 1. The molecule has 0 unspecified atom stereocenters. The lowest BCUT2D eigenvalue weighted by Crippen LogP contribution is -2.46. The third-order valence-corrected chi connectivity index (χ3v) is 5.13. The van der Waals surface area contributed by atoms with Crippen LogP contribution in [0.3, 0.4) is 0 Å². The molecule has 3 rings (SSSR count). The van der Waals surface area contributed by atoms with Gasteiger partial charge in [-0.2, -0.15) is 0 Å². The summed E-state index contributed by atoms with van der Waals surface area (Å²) in [6.07, 6.45) is 2.02. The highest BCUT2D eigenvalue weighted by Gasteiger charge is 2.33. The first-order valence-electron chi connectivity index (χ1n) is 6.91. The quantitative estimate of drug-likeness (QED) is 0.914. The predicted molar refractivity (Wildman–Crippen MR) is 84.3 cm³/mol. The second-order valence-electron chi connectivity index (χ2n) is 5.12. The summed E-state index contributed by atoms with van der Waals surface area (Å²) >= 11 is 7.65. The number of hydrogen-bond acceptors (Lipinski definition) is 3.